The fourth-order valence-electron chi connectivity index (χ4n) is 3.23. The minimum atomic E-state index is -0.0741. The molecule has 7 nitrogen and oxygen atoms in total. The summed E-state index contributed by atoms with van der Waals surface area (Å²) in [6, 6.07) is 5.48. The number of hydrogen-bond donors (Lipinski definition) is 0. The van der Waals surface area contributed by atoms with Crippen LogP contribution in [0.3, 0.4) is 0 Å². The predicted octanol–water partition coefficient (Wildman–Crippen LogP) is 2.50. The zero-order valence-electron chi connectivity index (χ0n) is 14.6. The smallest absolute Gasteiger partial charge is 0.264 e. The third-order valence-electron chi connectivity index (χ3n) is 4.56. The molecule has 0 saturated carbocycles. The number of pyridine rings is 1. The van der Waals surface area contributed by atoms with E-state index in [1.165, 1.54) is 11.3 Å². The van der Waals surface area contributed by atoms with Crippen molar-refractivity contribution in [2.45, 2.75) is 13.8 Å². The van der Waals surface area contributed by atoms with E-state index in [4.69, 9.17) is 4.52 Å². The van der Waals surface area contributed by atoms with Gasteiger partial charge in [0.15, 0.2) is 0 Å². The van der Waals surface area contributed by atoms with Crippen LogP contribution in [0.25, 0.3) is 11.1 Å². The molecule has 0 N–H and O–H groups in total. The molecular weight excluding hydrogens is 352 g/mol. The molecule has 1 fully saturated rings. The lowest BCUT2D eigenvalue weighted by Gasteiger charge is -2.34. The summed E-state index contributed by atoms with van der Waals surface area (Å²) in [6.07, 6.45) is 0. The molecule has 3 aromatic heterocycles. The quantitative estimate of drug-likeness (QED) is 0.692. The molecule has 0 aromatic carbocycles. The standard InChI is InChI=1S/C18H18N4O3S/c1-11-10-13(15-12(2)20-25-16(15)19-11)17(23)21-5-7-22(8-6-21)18(24)14-4-3-9-26-14/h3-4,9-10H,5-8H2,1-2H3. The minimum Gasteiger partial charge on any atom is -0.336 e. The van der Waals surface area contributed by atoms with Gasteiger partial charge < -0.3 is 14.3 Å². The average molecular weight is 370 g/mol. The van der Waals surface area contributed by atoms with Crippen molar-refractivity contribution in [2.75, 3.05) is 26.2 Å². The number of fused-ring (bicyclic) bond motifs is 1. The summed E-state index contributed by atoms with van der Waals surface area (Å²) in [7, 11) is 0. The Morgan fingerprint density at radius 3 is 2.46 bits per heavy atom. The second kappa shape index (κ2) is 6.53. The van der Waals surface area contributed by atoms with E-state index >= 15 is 0 Å². The Labute approximate surface area is 154 Å². The van der Waals surface area contributed by atoms with Crippen molar-refractivity contribution in [1.82, 2.24) is 19.9 Å². The molecule has 26 heavy (non-hydrogen) atoms. The average Bonchev–Trinajstić information content (AvgIpc) is 3.30. The molecule has 1 saturated heterocycles. The van der Waals surface area contributed by atoms with Gasteiger partial charge in [0.05, 0.1) is 21.5 Å². The molecule has 4 heterocycles. The summed E-state index contributed by atoms with van der Waals surface area (Å²) in [5, 5.41) is 6.49. The molecule has 0 radical (unpaired) electrons. The molecule has 134 valence electrons. The van der Waals surface area contributed by atoms with Crippen LogP contribution < -0.4 is 0 Å². The Balaban J connectivity index is 1.52. The van der Waals surface area contributed by atoms with Crippen molar-refractivity contribution in [3.63, 3.8) is 0 Å². The normalized spacial score (nSPS) is 14.8. The summed E-state index contributed by atoms with van der Waals surface area (Å²) in [5.74, 6) is -0.0425. The number of carbonyl (C=O) groups is 2. The minimum absolute atomic E-state index is 0.0316. The first kappa shape index (κ1) is 16.7. The molecule has 0 unspecified atom stereocenters. The fourth-order valence-corrected chi connectivity index (χ4v) is 3.92. The Morgan fingerprint density at radius 1 is 1.12 bits per heavy atom. The number of hydrogen-bond acceptors (Lipinski definition) is 6. The van der Waals surface area contributed by atoms with Crippen LogP contribution >= 0.6 is 11.3 Å². The van der Waals surface area contributed by atoms with Crippen molar-refractivity contribution in [3.8, 4) is 0 Å². The maximum Gasteiger partial charge on any atom is 0.264 e. The summed E-state index contributed by atoms with van der Waals surface area (Å²) in [6.45, 7) is 5.69. The maximum atomic E-state index is 13.0. The van der Waals surface area contributed by atoms with Gasteiger partial charge in [0, 0.05) is 31.9 Å². The van der Waals surface area contributed by atoms with E-state index in [-0.39, 0.29) is 11.8 Å². The van der Waals surface area contributed by atoms with Gasteiger partial charge in [0.25, 0.3) is 17.5 Å². The molecule has 0 spiro atoms. The molecule has 8 heteroatoms. The van der Waals surface area contributed by atoms with E-state index in [0.717, 1.165) is 4.88 Å². The predicted molar refractivity (Wildman–Crippen MR) is 97.4 cm³/mol. The van der Waals surface area contributed by atoms with Crippen LogP contribution in [0.5, 0.6) is 0 Å². The van der Waals surface area contributed by atoms with Crippen molar-refractivity contribution in [2.24, 2.45) is 0 Å². The first-order valence-electron chi connectivity index (χ1n) is 8.40. The third-order valence-corrected chi connectivity index (χ3v) is 5.42. The maximum absolute atomic E-state index is 13.0. The highest BCUT2D eigenvalue weighted by molar-refractivity contribution is 7.12. The third kappa shape index (κ3) is 2.86. The highest BCUT2D eigenvalue weighted by atomic mass is 32.1. The van der Waals surface area contributed by atoms with Crippen molar-refractivity contribution in [3.05, 3.63) is 45.4 Å². The molecule has 0 aliphatic carbocycles. The molecule has 0 bridgehead atoms. The second-order valence-electron chi connectivity index (χ2n) is 6.32. The zero-order valence-corrected chi connectivity index (χ0v) is 15.4. The van der Waals surface area contributed by atoms with E-state index in [1.54, 1.807) is 22.8 Å². The van der Waals surface area contributed by atoms with E-state index in [2.05, 4.69) is 10.1 Å². The number of amides is 2. The van der Waals surface area contributed by atoms with E-state index in [0.29, 0.717) is 54.2 Å². The molecule has 1 aliphatic heterocycles. The number of nitrogens with zero attached hydrogens (tertiary/aromatic N) is 4. The fraction of sp³-hybridized carbons (Fsp3) is 0.333. The first-order valence-corrected chi connectivity index (χ1v) is 9.28. The topological polar surface area (TPSA) is 79.5 Å². The van der Waals surface area contributed by atoms with Crippen molar-refractivity contribution >= 4 is 34.3 Å². The molecule has 1 aliphatic rings. The lowest BCUT2D eigenvalue weighted by atomic mass is 10.1. The van der Waals surface area contributed by atoms with Crippen LogP contribution in [-0.2, 0) is 0 Å². The van der Waals surface area contributed by atoms with Crippen molar-refractivity contribution in [1.29, 1.82) is 0 Å². The van der Waals surface area contributed by atoms with Gasteiger partial charge in [-0.3, -0.25) is 9.59 Å². The highest BCUT2D eigenvalue weighted by Crippen LogP contribution is 2.24. The molecule has 0 atom stereocenters. The number of aryl methyl sites for hydroxylation is 2. The number of piperazine rings is 1. The summed E-state index contributed by atoms with van der Waals surface area (Å²) in [5.41, 5.74) is 2.31. The molecule has 3 aromatic rings. The van der Waals surface area contributed by atoms with E-state index in [9.17, 15) is 9.59 Å². The Kier molecular flexibility index (Phi) is 4.20. The van der Waals surface area contributed by atoms with Gasteiger partial charge in [0.2, 0.25) is 0 Å². The van der Waals surface area contributed by atoms with Crippen LogP contribution in [0, 0.1) is 13.8 Å². The summed E-state index contributed by atoms with van der Waals surface area (Å²) >= 11 is 1.44. The zero-order chi connectivity index (χ0) is 18.3. The van der Waals surface area contributed by atoms with Crippen molar-refractivity contribution < 1.29 is 14.1 Å². The largest absolute Gasteiger partial charge is 0.336 e. The van der Waals surface area contributed by atoms with Gasteiger partial charge in [-0.2, -0.15) is 0 Å². The Morgan fingerprint density at radius 2 is 1.81 bits per heavy atom. The number of carbonyl (C=O) groups excluding carboxylic acids is 2. The number of thiophene rings is 1. The van der Waals surface area contributed by atoms with Crippen LogP contribution in [0.2, 0.25) is 0 Å². The number of aromatic nitrogens is 2. The highest BCUT2D eigenvalue weighted by Gasteiger charge is 2.28. The second-order valence-corrected chi connectivity index (χ2v) is 7.27. The van der Waals surface area contributed by atoms with Crippen LogP contribution in [0.15, 0.2) is 28.1 Å². The summed E-state index contributed by atoms with van der Waals surface area (Å²) < 4.78 is 5.21. The van der Waals surface area contributed by atoms with Gasteiger partial charge >= 0.3 is 0 Å². The molecular formula is C18H18N4O3S. The van der Waals surface area contributed by atoms with Crippen LogP contribution in [0.4, 0.5) is 0 Å². The van der Waals surface area contributed by atoms with Gasteiger partial charge in [-0.1, -0.05) is 11.2 Å². The van der Waals surface area contributed by atoms with Gasteiger partial charge in [0.1, 0.15) is 0 Å². The lowest BCUT2D eigenvalue weighted by Crippen LogP contribution is -2.50. The Hall–Kier alpha value is -2.74. The van der Waals surface area contributed by atoms with Gasteiger partial charge in [-0.05, 0) is 31.4 Å². The SMILES string of the molecule is Cc1cc(C(=O)N2CCN(C(=O)c3cccs3)CC2)c2c(C)noc2n1. The monoisotopic (exact) mass is 370 g/mol. The van der Waals surface area contributed by atoms with Crippen LogP contribution in [0.1, 0.15) is 31.4 Å². The number of rotatable bonds is 2. The summed E-state index contributed by atoms with van der Waals surface area (Å²) in [4.78, 5) is 34.1. The van der Waals surface area contributed by atoms with E-state index in [1.807, 2.05) is 24.4 Å². The van der Waals surface area contributed by atoms with Gasteiger partial charge in [-0.25, -0.2) is 4.98 Å². The van der Waals surface area contributed by atoms with Gasteiger partial charge in [-0.15, -0.1) is 11.3 Å². The van der Waals surface area contributed by atoms with Crippen LogP contribution in [-0.4, -0.2) is 57.9 Å². The molecule has 4 rings (SSSR count). The lowest BCUT2D eigenvalue weighted by molar-refractivity contribution is 0.0539. The molecule has 2 amide bonds. The first-order chi connectivity index (χ1) is 12.5. The van der Waals surface area contributed by atoms with E-state index < -0.39 is 0 Å². The Bertz CT molecular complexity index is 972.